The first-order valence-corrected chi connectivity index (χ1v) is 6.65. The van der Waals surface area contributed by atoms with Gasteiger partial charge < -0.3 is 11.1 Å². The SMILES string of the molecule is Cc1cc(Br)c(NC(=O)C2(CN)CC2)cc1[N+](=O)[O-]. The molecule has 0 aromatic heterocycles. The molecule has 1 amide bonds. The molecular formula is C12H14BrN3O3. The van der Waals surface area contributed by atoms with Crippen molar-refractivity contribution < 1.29 is 9.72 Å². The van der Waals surface area contributed by atoms with Crippen LogP contribution >= 0.6 is 15.9 Å². The lowest BCUT2D eigenvalue weighted by Gasteiger charge is -2.14. The standard InChI is InChI=1S/C12H14BrN3O3/c1-7-4-8(13)9(5-10(7)16(18)19)15-11(17)12(6-14)2-3-12/h4-5H,2-3,6,14H2,1H3,(H,15,17). The molecule has 0 bridgehead atoms. The number of nitro benzene ring substituents is 1. The largest absolute Gasteiger partial charge is 0.329 e. The number of nitrogens with one attached hydrogen (secondary N) is 1. The highest BCUT2D eigenvalue weighted by Crippen LogP contribution is 2.46. The fraction of sp³-hybridized carbons (Fsp3) is 0.417. The van der Waals surface area contributed by atoms with Crippen molar-refractivity contribution in [2.24, 2.45) is 11.1 Å². The number of halogens is 1. The van der Waals surface area contributed by atoms with Crippen molar-refractivity contribution in [1.29, 1.82) is 0 Å². The van der Waals surface area contributed by atoms with Gasteiger partial charge >= 0.3 is 0 Å². The minimum Gasteiger partial charge on any atom is -0.329 e. The third-order valence-corrected chi connectivity index (χ3v) is 4.11. The van der Waals surface area contributed by atoms with E-state index in [1.807, 2.05) is 0 Å². The summed E-state index contributed by atoms with van der Waals surface area (Å²) in [4.78, 5) is 22.5. The van der Waals surface area contributed by atoms with Crippen molar-refractivity contribution in [2.45, 2.75) is 19.8 Å². The minimum absolute atomic E-state index is 0.0175. The van der Waals surface area contributed by atoms with Crippen LogP contribution in [0.4, 0.5) is 11.4 Å². The molecule has 1 aromatic rings. The molecule has 19 heavy (non-hydrogen) atoms. The van der Waals surface area contributed by atoms with Gasteiger partial charge in [-0.15, -0.1) is 0 Å². The number of aryl methyl sites for hydroxylation is 1. The zero-order valence-corrected chi connectivity index (χ0v) is 12.0. The van der Waals surface area contributed by atoms with E-state index in [-0.39, 0.29) is 11.6 Å². The summed E-state index contributed by atoms with van der Waals surface area (Å²) in [6.45, 7) is 1.95. The van der Waals surface area contributed by atoms with E-state index < -0.39 is 10.3 Å². The molecule has 0 saturated heterocycles. The van der Waals surface area contributed by atoms with E-state index in [0.717, 1.165) is 12.8 Å². The van der Waals surface area contributed by atoms with Crippen LogP contribution in [0, 0.1) is 22.5 Å². The average Bonchev–Trinajstić information content (AvgIpc) is 3.12. The van der Waals surface area contributed by atoms with Gasteiger partial charge in [-0.2, -0.15) is 0 Å². The van der Waals surface area contributed by atoms with Crippen LogP contribution in [0.2, 0.25) is 0 Å². The smallest absolute Gasteiger partial charge is 0.274 e. The van der Waals surface area contributed by atoms with Crippen LogP contribution < -0.4 is 11.1 Å². The van der Waals surface area contributed by atoms with Crippen LogP contribution in [0.3, 0.4) is 0 Å². The molecule has 1 aliphatic carbocycles. The number of hydrogen-bond donors (Lipinski definition) is 2. The number of nitrogens with zero attached hydrogens (tertiary/aromatic N) is 1. The minimum atomic E-state index is -0.487. The molecule has 0 aliphatic heterocycles. The van der Waals surface area contributed by atoms with Gasteiger partial charge in [0, 0.05) is 22.6 Å². The Kier molecular flexibility index (Phi) is 3.60. The van der Waals surface area contributed by atoms with Gasteiger partial charge in [0.1, 0.15) is 0 Å². The van der Waals surface area contributed by atoms with Gasteiger partial charge in [0.25, 0.3) is 5.69 Å². The summed E-state index contributed by atoms with van der Waals surface area (Å²) >= 11 is 3.30. The van der Waals surface area contributed by atoms with Gasteiger partial charge in [0.2, 0.25) is 5.91 Å². The Labute approximate surface area is 118 Å². The van der Waals surface area contributed by atoms with Gasteiger partial charge in [-0.25, -0.2) is 0 Å². The Balaban J connectivity index is 2.28. The number of carbonyl (C=O) groups excluding carboxylic acids is 1. The second-order valence-corrected chi connectivity index (χ2v) is 5.67. The molecule has 1 aromatic carbocycles. The van der Waals surface area contributed by atoms with E-state index in [1.165, 1.54) is 6.07 Å². The molecule has 0 unspecified atom stereocenters. The predicted octanol–water partition coefficient (Wildman–Crippen LogP) is 2.34. The summed E-state index contributed by atoms with van der Waals surface area (Å²) < 4.78 is 0.622. The quantitative estimate of drug-likeness (QED) is 0.655. The van der Waals surface area contributed by atoms with Crippen molar-refractivity contribution >= 4 is 33.2 Å². The first-order valence-electron chi connectivity index (χ1n) is 5.86. The number of amides is 1. The molecule has 0 radical (unpaired) electrons. The highest BCUT2D eigenvalue weighted by molar-refractivity contribution is 9.10. The zero-order valence-electron chi connectivity index (χ0n) is 10.4. The Morgan fingerprint density at radius 2 is 2.21 bits per heavy atom. The van der Waals surface area contributed by atoms with E-state index in [2.05, 4.69) is 21.2 Å². The third-order valence-electron chi connectivity index (χ3n) is 3.46. The number of nitrogens with two attached hydrogens (primary N) is 1. The molecule has 0 spiro atoms. The van der Waals surface area contributed by atoms with Crippen LogP contribution in [0.15, 0.2) is 16.6 Å². The van der Waals surface area contributed by atoms with Crippen molar-refractivity contribution in [3.63, 3.8) is 0 Å². The molecule has 0 heterocycles. The number of benzene rings is 1. The number of nitro groups is 1. The summed E-state index contributed by atoms with van der Waals surface area (Å²) in [6, 6.07) is 2.99. The zero-order chi connectivity index (χ0) is 14.2. The van der Waals surface area contributed by atoms with Crippen LogP contribution in [-0.4, -0.2) is 17.4 Å². The molecule has 3 N–H and O–H groups in total. The second kappa shape index (κ2) is 4.90. The van der Waals surface area contributed by atoms with Crippen molar-refractivity contribution in [2.75, 3.05) is 11.9 Å². The topological polar surface area (TPSA) is 98.3 Å². The number of anilines is 1. The van der Waals surface area contributed by atoms with Crippen LogP contribution in [-0.2, 0) is 4.79 Å². The predicted molar refractivity (Wildman–Crippen MR) is 74.9 cm³/mol. The summed E-state index contributed by atoms with van der Waals surface area (Å²) in [5.41, 5.74) is 6.02. The molecule has 6 nitrogen and oxygen atoms in total. The van der Waals surface area contributed by atoms with E-state index in [9.17, 15) is 14.9 Å². The molecule has 102 valence electrons. The second-order valence-electron chi connectivity index (χ2n) is 4.81. The van der Waals surface area contributed by atoms with Gasteiger partial charge in [0.15, 0.2) is 0 Å². The van der Waals surface area contributed by atoms with Gasteiger partial charge in [0.05, 0.1) is 16.0 Å². The van der Waals surface area contributed by atoms with Crippen LogP contribution in [0.25, 0.3) is 0 Å². The van der Waals surface area contributed by atoms with Gasteiger partial charge in [-0.3, -0.25) is 14.9 Å². The fourth-order valence-corrected chi connectivity index (χ4v) is 2.44. The molecule has 0 atom stereocenters. The normalized spacial score (nSPS) is 15.9. The van der Waals surface area contributed by atoms with Gasteiger partial charge in [-0.05, 0) is 41.8 Å². The van der Waals surface area contributed by atoms with Gasteiger partial charge in [-0.1, -0.05) is 0 Å². The molecule has 1 fully saturated rings. The Morgan fingerprint density at radius 1 is 1.58 bits per heavy atom. The van der Waals surface area contributed by atoms with Crippen molar-refractivity contribution in [1.82, 2.24) is 0 Å². The van der Waals surface area contributed by atoms with Crippen LogP contribution in [0.5, 0.6) is 0 Å². The maximum absolute atomic E-state index is 12.1. The van der Waals surface area contributed by atoms with Crippen molar-refractivity contribution in [3.8, 4) is 0 Å². The maximum Gasteiger partial charge on any atom is 0.274 e. The Hall–Kier alpha value is -1.47. The third kappa shape index (κ3) is 2.62. The summed E-state index contributed by atoms with van der Waals surface area (Å²) in [6.07, 6.45) is 1.53. The molecule has 1 aliphatic rings. The monoisotopic (exact) mass is 327 g/mol. The molecular weight excluding hydrogens is 314 g/mol. The molecule has 1 saturated carbocycles. The molecule has 7 heteroatoms. The lowest BCUT2D eigenvalue weighted by Crippen LogP contribution is -2.31. The van der Waals surface area contributed by atoms with E-state index in [0.29, 0.717) is 22.3 Å². The van der Waals surface area contributed by atoms with E-state index >= 15 is 0 Å². The summed E-state index contributed by atoms with van der Waals surface area (Å²) in [5, 5.41) is 13.6. The van der Waals surface area contributed by atoms with E-state index in [1.54, 1.807) is 13.0 Å². The highest BCUT2D eigenvalue weighted by atomic mass is 79.9. The molecule has 2 rings (SSSR count). The summed E-state index contributed by atoms with van der Waals surface area (Å²) in [5.74, 6) is -0.172. The van der Waals surface area contributed by atoms with Crippen LogP contribution in [0.1, 0.15) is 18.4 Å². The highest BCUT2D eigenvalue weighted by Gasteiger charge is 2.48. The maximum atomic E-state index is 12.1. The Morgan fingerprint density at radius 3 is 2.68 bits per heavy atom. The first kappa shape index (κ1) is 14.0. The Bertz CT molecular complexity index is 555. The lowest BCUT2D eigenvalue weighted by atomic mass is 10.1. The lowest BCUT2D eigenvalue weighted by molar-refractivity contribution is -0.385. The van der Waals surface area contributed by atoms with Crippen molar-refractivity contribution in [3.05, 3.63) is 32.3 Å². The summed E-state index contributed by atoms with van der Waals surface area (Å²) in [7, 11) is 0. The first-order chi connectivity index (χ1) is 8.89. The average molecular weight is 328 g/mol. The fourth-order valence-electron chi connectivity index (χ4n) is 1.88. The number of carbonyl (C=O) groups is 1. The number of rotatable bonds is 4. The number of hydrogen-bond acceptors (Lipinski definition) is 4. The van der Waals surface area contributed by atoms with E-state index in [4.69, 9.17) is 5.73 Å².